The van der Waals surface area contributed by atoms with Crippen LogP contribution in [0, 0.1) is 11.7 Å². The molecule has 23 heavy (non-hydrogen) atoms. The summed E-state index contributed by atoms with van der Waals surface area (Å²) >= 11 is 0. The predicted octanol–water partition coefficient (Wildman–Crippen LogP) is 3.37. The second-order valence-corrected chi connectivity index (χ2v) is 6.76. The summed E-state index contributed by atoms with van der Waals surface area (Å²) in [6.45, 7) is 6.43. The zero-order valence-electron chi connectivity index (χ0n) is 14.3. The molecule has 1 fully saturated rings. The molecule has 5 heteroatoms. The summed E-state index contributed by atoms with van der Waals surface area (Å²) in [4.78, 5) is 14.8. The zero-order valence-corrected chi connectivity index (χ0v) is 15.1. The van der Waals surface area contributed by atoms with E-state index in [2.05, 4.69) is 5.32 Å². The van der Waals surface area contributed by atoms with Crippen LogP contribution in [0.25, 0.3) is 0 Å². The number of hydrogen-bond donors (Lipinski definition) is 1. The fourth-order valence-electron chi connectivity index (χ4n) is 3.17. The number of benzene rings is 1. The van der Waals surface area contributed by atoms with Crippen LogP contribution in [0.5, 0.6) is 0 Å². The van der Waals surface area contributed by atoms with E-state index in [-0.39, 0.29) is 24.1 Å². The minimum Gasteiger partial charge on any atom is -0.342 e. The van der Waals surface area contributed by atoms with Gasteiger partial charge >= 0.3 is 0 Å². The number of carbonyl (C=O) groups is 1. The summed E-state index contributed by atoms with van der Waals surface area (Å²) in [5.41, 5.74) is 0.0645. The molecule has 0 bridgehead atoms. The van der Waals surface area contributed by atoms with Crippen molar-refractivity contribution >= 4 is 18.3 Å². The third-order valence-corrected chi connectivity index (χ3v) is 4.79. The number of nitrogens with one attached hydrogen (secondary N) is 1. The van der Waals surface area contributed by atoms with E-state index in [0.29, 0.717) is 5.92 Å². The van der Waals surface area contributed by atoms with Gasteiger partial charge in [0.05, 0.1) is 5.41 Å². The van der Waals surface area contributed by atoms with Gasteiger partial charge in [-0.3, -0.25) is 4.79 Å². The molecule has 0 unspecified atom stereocenters. The van der Waals surface area contributed by atoms with Gasteiger partial charge in [-0.25, -0.2) is 4.39 Å². The highest BCUT2D eigenvalue weighted by atomic mass is 35.5. The third kappa shape index (κ3) is 4.92. The summed E-state index contributed by atoms with van der Waals surface area (Å²) in [6, 6.07) is 6.39. The molecule has 1 amide bonds. The van der Waals surface area contributed by atoms with Gasteiger partial charge in [0, 0.05) is 13.1 Å². The van der Waals surface area contributed by atoms with Crippen molar-refractivity contribution in [2.24, 2.45) is 5.92 Å². The lowest BCUT2D eigenvalue weighted by Gasteiger charge is -2.37. The van der Waals surface area contributed by atoms with Crippen LogP contribution in [-0.4, -0.2) is 37.5 Å². The van der Waals surface area contributed by atoms with Gasteiger partial charge in [0.25, 0.3) is 0 Å². The first-order valence-electron chi connectivity index (χ1n) is 8.15. The Hall–Kier alpha value is -1.13. The normalized spacial score (nSPS) is 16.1. The van der Waals surface area contributed by atoms with E-state index in [4.69, 9.17) is 0 Å². The Morgan fingerprint density at radius 1 is 1.35 bits per heavy atom. The molecule has 0 saturated carbocycles. The molecule has 2 rings (SSSR count). The Bertz CT molecular complexity index is 513. The maximum Gasteiger partial charge on any atom is 0.232 e. The van der Waals surface area contributed by atoms with Crippen molar-refractivity contribution in [3.8, 4) is 0 Å². The molecule has 1 aromatic rings. The second kappa shape index (κ2) is 8.65. The van der Waals surface area contributed by atoms with Crippen LogP contribution in [-0.2, 0) is 10.2 Å². The van der Waals surface area contributed by atoms with Gasteiger partial charge < -0.3 is 10.2 Å². The maximum absolute atomic E-state index is 13.4. The first kappa shape index (κ1) is 19.9. The average molecular weight is 343 g/mol. The van der Waals surface area contributed by atoms with E-state index in [1.165, 1.54) is 18.6 Å². The van der Waals surface area contributed by atoms with Crippen molar-refractivity contribution < 1.29 is 9.18 Å². The summed E-state index contributed by atoms with van der Waals surface area (Å²) in [6.07, 6.45) is 3.30. The van der Waals surface area contributed by atoms with Gasteiger partial charge in [-0.15, -0.1) is 12.4 Å². The highest BCUT2D eigenvalue weighted by Crippen LogP contribution is 2.29. The van der Waals surface area contributed by atoms with Crippen molar-refractivity contribution in [2.75, 3.05) is 26.7 Å². The Morgan fingerprint density at radius 2 is 2.00 bits per heavy atom. The van der Waals surface area contributed by atoms with Gasteiger partial charge in [0.1, 0.15) is 5.82 Å². The minimum atomic E-state index is -0.681. The average Bonchev–Trinajstić information content (AvgIpc) is 2.52. The number of nitrogens with zero attached hydrogens (tertiary/aromatic N) is 1. The van der Waals surface area contributed by atoms with Crippen LogP contribution in [0.15, 0.2) is 24.3 Å². The van der Waals surface area contributed by atoms with Gasteiger partial charge in [0.2, 0.25) is 5.91 Å². The Kier molecular flexibility index (Phi) is 7.49. The van der Waals surface area contributed by atoms with Crippen LogP contribution in [0.1, 0.15) is 38.7 Å². The fourth-order valence-corrected chi connectivity index (χ4v) is 3.17. The summed E-state index contributed by atoms with van der Waals surface area (Å²) in [5.74, 6) is 0.517. The molecular formula is C18H28ClFN2O. The van der Waals surface area contributed by atoms with Crippen molar-refractivity contribution in [1.29, 1.82) is 0 Å². The largest absolute Gasteiger partial charge is 0.342 e. The Labute approximate surface area is 145 Å². The zero-order chi connectivity index (χ0) is 16.2. The molecule has 3 nitrogen and oxygen atoms in total. The SMILES string of the molecule is CNCCC1CCN(C(=O)C(C)(C)c2cccc(F)c2)CC1.Cl. The van der Waals surface area contributed by atoms with Gasteiger partial charge in [-0.1, -0.05) is 12.1 Å². The van der Waals surface area contributed by atoms with E-state index in [0.717, 1.165) is 38.0 Å². The molecule has 1 heterocycles. The number of halogens is 2. The summed E-state index contributed by atoms with van der Waals surface area (Å²) < 4.78 is 13.4. The highest BCUT2D eigenvalue weighted by molar-refractivity contribution is 5.87. The standard InChI is InChI=1S/C18H27FN2O.ClH/c1-18(2,15-5-4-6-16(19)13-15)17(22)21-11-8-14(9-12-21)7-10-20-3;/h4-6,13-14,20H,7-12H2,1-3H3;1H. The molecule has 1 saturated heterocycles. The van der Waals surface area contributed by atoms with Crippen molar-refractivity contribution in [1.82, 2.24) is 10.2 Å². The van der Waals surface area contributed by atoms with Crippen molar-refractivity contribution in [3.05, 3.63) is 35.6 Å². The van der Waals surface area contributed by atoms with Crippen LogP contribution in [0.2, 0.25) is 0 Å². The van der Waals surface area contributed by atoms with E-state index in [1.54, 1.807) is 6.07 Å². The van der Waals surface area contributed by atoms with E-state index >= 15 is 0 Å². The molecule has 1 aliphatic rings. The monoisotopic (exact) mass is 342 g/mol. The molecule has 0 aromatic heterocycles. The lowest BCUT2D eigenvalue weighted by molar-refractivity contribution is -0.137. The van der Waals surface area contributed by atoms with E-state index < -0.39 is 5.41 Å². The van der Waals surface area contributed by atoms with Gasteiger partial charge in [0.15, 0.2) is 0 Å². The highest BCUT2D eigenvalue weighted by Gasteiger charge is 2.35. The molecular weight excluding hydrogens is 315 g/mol. The quantitative estimate of drug-likeness (QED) is 0.889. The molecule has 1 aliphatic heterocycles. The van der Waals surface area contributed by atoms with Crippen molar-refractivity contribution in [2.45, 2.75) is 38.5 Å². The fraction of sp³-hybridized carbons (Fsp3) is 0.611. The van der Waals surface area contributed by atoms with Crippen LogP contribution in [0.3, 0.4) is 0 Å². The number of hydrogen-bond acceptors (Lipinski definition) is 2. The third-order valence-electron chi connectivity index (χ3n) is 4.79. The minimum absolute atomic E-state index is 0. The van der Waals surface area contributed by atoms with Gasteiger partial charge in [-0.05, 0) is 70.3 Å². The summed E-state index contributed by atoms with van der Waals surface area (Å²) in [7, 11) is 1.97. The molecule has 130 valence electrons. The number of piperidine rings is 1. The molecule has 0 radical (unpaired) electrons. The molecule has 1 aromatic carbocycles. The molecule has 0 aliphatic carbocycles. The lowest BCUT2D eigenvalue weighted by atomic mass is 9.82. The first-order chi connectivity index (χ1) is 10.4. The Balaban J connectivity index is 0.00000264. The number of carbonyl (C=O) groups excluding carboxylic acids is 1. The van der Waals surface area contributed by atoms with Crippen LogP contribution in [0.4, 0.5) is 4.39 Å². The Morgan fingerprint density at radius 3 is 2.57 bits per heavy atom. The first-order valence-corrected chi connectivity index (χ1v) is 8.15. The van der Waals surface area contributed by atoms with Crippen LogP contribution < -0.4 is 5.32 Å². The van der Waals surface area contributed by atoms with Crippen LogP contribution >= 0.6 is 12.4 Å². The topological polar surface area (TPSA) is 32.3 Å². The number of amides is 1. The van der Waals surface area contributed by atoms with E-state index in [9.17, 15) is 9.18 Å². The summed E-state index contributed by atoms with van der Waals surface area (Å²) in [5, 5.41) is 3.18. The van der Waals surface area contributed by atoms with Gasteiger partial charge in [-0.2, -0.15) is 0 Å². The smallest absolute Gasteiger partial charge is 0.232 e. The van der Waals surface area contributed by atoms with E-state index in [1.807, 2.05) is 31.9 Å². The predicted molar refractivity (Wildman–Crippen MR) is 94.5 cm³/mol. The maximum atomic E-state index is 13.4. The number of likely N-dealkylation sites (tertiary alicyclic amines) is 1. The molecule has 1 N–H and O–H groups in total. The lowest BCUT2D eigenvalue weighted by Crippen LogP contribution is -2.47. The van der Waals surface area contributed by atoms with Crippen molar-refractivity contribution in [3.63, 3.8) is 0 Å². The molecule has 0 atom stereocenters. The number of rotatable bonds is 5. The second-order valence-electron chi connectivity index (χ2n) is 6.76. The molecule has 0 spiro atoms.